The van der Waals surface area contributed by atoms with Gasteiger partial charge in [0.2, 0.25) is 11.8 Å². The van der Waals surface area contributed by atoms with Crippen LogP contribution in [0, 0.1) is 0 Å². The summed E-state index contributed by atoms with van der Waals surface area (Å²) in [5, 5.41) is 3.64. The van der Waals surface area contributed by atoms with Crippen LogP contribution in [-0.4, -0.2) is 24.1 Å². The molecular formula is C19H19ClN2O2S. The van der Waals surface area contributed by atoms with E-state index in [-0.39, 0.29) is 11.8 Å². The summed E-state index contributed by atoms with van der Waals surface area (Å²) < 4.78 is 0. The molecule has 3 rings (SSSR count). The van der Waals surface area contributed by atoms with Crippen LogP contribution in [0.25, 0.3) is 0 Å². The van der Waals surface area contributed by atoms with Gasteiger partial charge < -0.3 is 10.2 Å². The summed E-state index contributed by atoms with van der Waals surface area (Å²) in [6.45, 7) is 2.28. The lowest BCUT2D eigenvalue weighted by atomic mass is 10.1. The number of rotatable bonds is 5. The molecule has 0 spiro atoms. The van der Waals surface area contributed by atoms with Crippen LogP contribution >= 0.6 is 23.4 Å². The molecule has 1 aliphatic heterocycles. The van der Waals surface area contributed by atoms with Gasteiger partial charge in [0.1, 0.15) is 0 Å². The maximum Gasteiger partial charge on any atom is 0.225 e. The van der Waals surface area contributed by atoms with E-state index in [2.05, 4.69) is 5.32 Å². The molecule has 6 heteroatoms. The second-order valence-corrected chi connectivity index (χ2v) is 7.39. The monoisotopic (exact) mass is 374 g/mol. The fraction of sp³-hybridized carbons (Fsp3) is 0.263. The van der Waals surface area contributed by atoms with E-state index in [1.54, 1.807) is 23.6 Å². The van der Waals surface area contributed by atoms with Gasteiger partial charge in [0.25, 0.3) is 0 Å². The molecule has 1 heterocycles. The van der Waals surface area contributed by atoms with Gasteiger partial charge in [-0.2, -0.15) is 0 Å². The molecule has 0 fully saturated rings. The molecule has 2 aromatic carbocycles. The Hall–Kier alpha value is -1.98. The van der Waals surface area contributed by atoms with E-state index in [1.165, 1.54) is 0 Å². The van der Waals surface area contributed by atoms with Crippen LogP contribution in [0.1, 0.15) is 18.9 Å². The van der Waals surface area contributed by atoms with Crippen molar-refractivity contribution in [2.75, 3.05) is 22.5 Å². The molecule has 130 valence electrons. The lowest BCUT2D eigenvalue weighted by molar-refractivity contribution is -0.117. The first-order chi connectivity index (χ1) is 12.0. The highest BCUT2D eigenvalue weighted by Crippen LogP contribution is 2.31. The fourth-order valence-electron chi connectivity index (χ4n) is 2.85. The summed E-state index contributed by atoms with van der Waals surface area (Å²) in [6.07, 6.45) is 1.23. The van der Waals surface area contributed by atoms with Gasteiger partial charge in [-0.15, -0.1) is 11.8 Å². The zero-order chi connectivity index (χ0) is 17.8. The predicted molar refractivity (Wildman–Crippen MR) is 104 cm³/mol. The number of thioether (sulfide) groups is 1. The predicted octanol–water partition coefficient (Wildman–Crippen LogP) is 4.37. The van der Waals surface area contributed by atoms with E-state index < -0.39 is 0 Å². The van der Waals surface area contributed by atoms with Crippen molar-refractivity contribution in [3.8, 4) is 0 Å². The number of carbonyl (C=O) groups is 2. The Kier molecular flexibility index (Phi) is 5.66. The standard InChI is InChI=1S/C19H19ClN2O2S/c1-13(23)22-10-8-14-12-15(6-7-17(14)22)21-19(24)9-11-25-18-5-3-2-4-16(18)20/h2-7,12H,8-11H2,1H3,(H,21,24). The first kappa shape index (κ1) is 17.8. The summed E-state index contributed by atoms with van der Waals surface area (Å²) in [7, 11) is 0. The number of halogens is 1. The molecule has 1 aliphatic rings. The number of nitrogens with one attached hydrogen (secondary N) is 1. The number of hydrogen-bond acceptors (Lipinski definition) is 3. The first-order valence-electron chi connectivity index (χ1n) is 8.13. The van der Waals surface area contributed by atoms with Crippen LogP contribution in [-0.2, 0) is 16.0 Å². The zero-order valence-corrected chi connectivity index (χ0v) is 15.5. The molecule has 0 radical (unpaired) electrons. The Balaban J connectivity index is 1.54. The fourth-order valence-corrected chi connectivity index (χ4v) is 4.03. The highest BCUT2D eigenvalue weighted by atomic mass is 35.5. The molecule has 0 aliphatic carbocycles. The van der Waals surface area contributed by atoms with Crippen LogP contribution in [0.2, 0.25) is 5.02 Å². The highest BCUT2D eigenvalue weighted by Gasteiger charge is 2.22. The molecule has 2 aromatic rings. The summed E-state index contributed by atoms with van der Waals surface area (Å²) in [5.74, 6) is 0.687. The van der Waals surface area contributed by atoms with Gasteiger partial charge in [0.05, 0.1) is 5.02 Å². The Bertz CT molecular complexity index is 810. The average molecular weight is 375 g/mol. The normalized spacial score (nSPS) is 12.8. The minimum absolute atomic E-state index is 0.0269. The van der Waals surface area contributed by atoms with Gasteiger partial charge in [-0.1, -0.05) is 23.7 Å². The molecular weight excluding hydrogens is 356 g/mol. The van der Waals surface area contributed by atoms with Crippen LogP contribution in [0.4, 0.5) is 11.4 Å². The number of nitrogens with zero attached hydrogens (tertiary/aromatic N) is 1. The second kappa shape index (κ2) is 7.93. The zero-order valence-electron chi connectivity index (χ0n) is 13.9. The number of benzene rings is 2. The second-order valence-electron chi connectivity index (χ2n) is 5.84. The Labute approximate surface area is 156 Å². The number of anilines is 2. The molecule has 0 unspecified atom stereocenters. The van der Waals surface area contributed by atoms with E-state index in [9.17, 15) is 9.59 Å². The Morgan fingerprint density at radius 1 is 1.24 bits per heavy atom. The Morgan fingerprint density at radius 3 is 2.80 bits per heavy atom. The SMILES string of the molecule is CC(=O)N1CCc2cc(NC(=O)CCSc3ccccc3Cl)ccc21. The first-order valence-corrected chi connectivity index (χ1v) is 9.49. The van der Waals surface area contributed by atoms with Crippen molar-refractivity contribution in [1.82, 2.24) is 0 Å². The third kappa shape index (κ3) is 4.35. The number of carbonyl (C=O) groups excluding carboxylic acids is 2. The maximum atomic E-state index is 12.1. The minimum atomic E-state index is -0.0269. The summed E-state index contributed by atoms with van der Waals surface area (Å²) in [5.41, 5.74) is 2.81. The largest absolute Gasteiger partial charge is 0.326 e. The third-order valence-corrected chi connectivity index (χ3v) is 5.58. The van der Waals surface area contributed by atoms with E-state index in [4.69, 9.17) is 11.6 Å². The van der Waals surface area contributed by atoms with Gasteiger partial charge >= 0.3 is 0 Å². The van der Waals surface area contributed by atoms with E-state index in [0.717, 1.165) is 28.3 Å². The van der Waals surface area contributed by atoms with Crippen LogP contribution in [0.3, 0.4) is 0 Å². The number of fused-ring (bicyclic) bond motifs is 1. The molecule has 1 N–H and O–H groups in total. The van der Waals surface area contributed by atoms with Crippen molar-refractivity contribution in [3.05, 3.63) is 53.1 Å². The van der Waals surface area contributed by atoms with E-state index in [0.29, 0.717) is 23.7 Å². The van der Waals surface area contributed by atoms with Crippen molar-refractivity contribution in [2.45, 2.75) is 24.7 Å². The van der Waals surface area contributed by atoms with Crippen LogP contribution in [0.5, 0.6) is 0 Å². The van der Waals surface area contributed by atoms with Gasteiger partial charge in [-0.3, -0.25) is 9.59 Å². The highest BCUT2D eigenvalue weighted by molar-refractivity contribution is 7.99. The Morgan fingerprint density at radius 2 is 2.04 bits per heavy atom. The van der Waals surface area contributed by atoms with E-state index >= 15 is 0 Å². The van der Waals surface area contributed by atoms with E-state index in [1.807, 2.05) is 42.5 Å². The van der Waals surface area contributed by atoms with Gasteiger partial charge in [0.15, 0.2) is 0 Å². The molecule has 0 aromatic heterocycles. The molecule has 0 atom stereocenters. The minimum Gasteiger partial charge on any atom is -0.326 e. The third-order valence-electron chi connectivity index (χ3n) is 4.06. The van der Waals surface area contributed by atoms with Crippen molar-refractivity contribution in [3.63, 3.8) is 0 Å². The van der Waals surface area contributed by atoms with Gasteiger partial charge in [0, 0.05) is 41.9 Å². The molecule has 0 saturated heterocycles. The van der Waals surface area contributed by atoms with Crippen molar-refractivity contribution in [2.24, 2.45) is 0 Å². The lowest BCUT2D eigenvalue weighted by Gasteiger charge is -2.15. The molecule has 2 amide bonds. The van der Waals surface area contributed by atoms with Gasteiger partial charge in [-0.25, -0.2) is 0 Å². The number of hydrogen-bond donors (Lipinski definition) is 1. The smallest absolute Gasteiger partial charge is 0.225 e. The topological polar surface area (TPSA) is 49.4 Å². The molecule has 4 nitrogen and oxygen atoms in total. The number of amides is 2. The lowest BCUT2D eigenvalue weighted by Crippen LogP contribution is -2.25. The summed E-state index contributed by atoms with van der Waals surface area (Å²) in [4.78, 5) is 26.5. The van der Waals surface area contributed by atoms with Crippen molar-refractivity contribution >= 4 is 46.6 Å². The quantitative estimate of drug-likeness (QED) is 0.790. The molecule has 0 saturated carbocycles. The van der Waals surface area contributed by atoms with Crippen molar-refractivity contribution in [1.29, 1.82) is 0 Å². The summed E-state index contributed by atoms with van der Waals surface area (Å²) >= 11 is 7.68. The van der Waals surface area contributed by atoms with Crippen LogP contribution in [0.15, 0.2) is 47.4 Å². The van der Waals surface area contributed by atoms with Crippen LogP contribution < -0.4 is 10.2 Å². The average Bonchev–Trinajstić information content (AvgIpc) is 3.00. The van der Waals surface area contributed by atoms with Crippen molar-refractivity contribution < 1.29 is 9.59 Å². The molecule has 0 bridgehead atoms. The summed E-state index contributed by atoms with van der Waals surface area (Å²) in [6, 6.07) is 13.3. The van der Waals surface area contributed by atoms with Gasteiger partial charge in [-0.05, 0) is 42.3 Å². The maximum absolute atomic E-state index is 12.1. The molecule has 25 heavy (non-hydrogen) atoms.